The van der Waals surface area contributed by atoms with Gasteiger partial charge < -0.3 is 9.84 Å². The number of hydrogen-bond acceptors (Lipinski definition) is 3. The molecule has 0 aliphatic heterocycles. The first-order valence-electron chi connectivity index (χ1n) is 7.46. The number of aliphatic hydroxyl groups is 1. The van der Waals surface area contributed by atoms with E-state index in [0.717, 1.165) is 29.0 Å². The SMILES string of the molecule is CCC(C)n1ccc(COc2ccc([C@H](C)O)cc2C)n1. The third-order valence-electron chi connectivity index (χ3n) is 3.76. The average Bonchev–Trinajstić information content (AvgIpc) is 2.93. The Morgan fingerprint density at radius 2 is 2.05 bits per heavy atom. The van der Waals surface area contributed by atoms with E-state index in [1.165, 1.54) is 0 Å². The molecule has 2 aromatic rings. The highest BCUT2D eigenvalue weighted by Gasteiger charge is 2.08. The predicted octanol–water partition coefficient (Wildman–Crippen LogP) is 3.79. The highest BCUT2D eigenvalue weighted by Crippen LogP contribution is 2.23. The topological polar surface area (TPSA) is 47.3 Å². The molecule has 0 amide bonds. The van der Waals surface area contributed by atoms with Crippen molar-refractivity contribution in [2.45, 2.75) is 52.9 Å². The van der Waals surface area contributed by atoms with Crippen molar-refractivity contribution in [3.63, 3.8) is 0 Å². The van der Waals surface area contributed by atoms with E-state index in [1.807, 2.05) is 42.1 Å². The van der Waals surface area contributed by atoms with Gasteiger partial charge in [0.2, 0.25) is 0 Å². The van der Waals surface area contributed by atoms with E-state index in [4.69, 9.17) is 4.74 Å². The Morgan fingerprint density at radius 3 is 2.67 bits per heavy atom. The number of benzene rings is 1. The van der Waals surface area contributed by atoms with Crippen LogP contribution in [0.25, 0.3) is 0 Å². The molecule has 0 bridgehead atoms. The normalized spacial score (nSPS) is 14.0. The lowest BCUT2D eigenvalue weighted by atomic mass is 10.1. The molecule has 0 aliphatic carbocycles. The molecule has 0 spiro atoms. The minimum atomic E-state index is -0.455. The molecule has 1 aromatic carbocycles. The van der Waals surface area contributed by atoms with Crippen LogP contribution in [0.4, 0.5) is 0 Å². The summed E-state index contributed by atoms with van der Waals surface area (Å²) in [7, 11) is 0. The molecule has 4 nitrogen and oxygen atoms in total. The molecule has 0 aliphatic rings. The van der Waals surface area contributed by atoms with Crippen molar-refractivity contribution in [2.24, 2.45) is 0 Å². The maximum atomic E-state index is 9.57. The monoisotopic (exact) mass is 288 g/mol. The van der Waals surface area contributed by atoms with Gasteiger partial charge in [0.05, 0.1) is 11.8 Å². The van der Waals surface area contributed by atoms with Crippen LogP contribution in [-0.2, 0) is 6.61 Å². The second kappa shape index (κ2) is 6.76. The first kappa shape index (κ1) is 15.6. The minimum Gasteiger partial charge on any atom is -0.487 e. The summed E-state index contributed by atoms with van der Waals surface area (Å²) in [6, 6.07) is 8.16. The molecule has 1 N–H and O–H groups in total. The van der Waals surface area contributed by atoms with Gasteiger partial charge in [-0.2, -0.15) is 5.10 Å². The Kier molecular flexibility index (Phi) is 5.02. The van der Waals surface area contributed by atoms with Crippen molar-refractivity contribution in [3.05, 3.63) is 47.3 Å². The third-order valence-corrected chi connectivity index (χ3v) is 3.76. The van der Waals surface area contributed by atoms with Gasteiger partial charge in [0.15, 0.2) is 0 Å². The average molecular weight is 288 g/mol. The Bertz CT molecular complexity index is 590. The molecule has 0 fully saturated rings. The van der Waals surface area contributed by atoms with Crippen LogP contribution >= 0.6 is 0 Å². The number of rotatable bonds is 6. The summed E-state index contributed by atoms with van der Waals surface area (Å²) in [5, 5.41) is 14.1. The zero-order chi connectivity index (χ0) is 15.4. The number of aromatic nitrogens is 2. The van der Waals surface area contributed by atoms with Crippen LogP contribution in [0, 0.1) is 6.92 Å². The number of ether oxygens (including phenoxy) is 1. The van der Waals surface area contributed by atoms with Crippen molar-refractivity contribution in [3.8, 4) is 5.75 Å². The fourth-order valence-electron chi connectivity index (χ4n) is 2.13. The second-order valence-electron chi connectivity index (χ2n) is 5.53. The van der Waals surface area contributed by atoms with Crippen LogP contribution in [0.2, 0.25) is 0 Å². The molecule has 0 saturated carbocycles. The first-order chi connectivity index (χ1) is 10.0. The fourth-order valence-corrected chi connectivity index (χ4v) is 2.13. The molecule has 21 heavy (non-hydrogen) atoms. The van der Waals surface area contributed by atoms with Gasteiger partial charge in [-0.3, -0.25) is 4.68 Å². The van der Waals surface area contributed by atoms with E-state index in [1.54, 1.807) is 6.92 Å². The number of aryl methyl sites for hydroxylation is 1. The highest BCUT2D eigenvalue weighted by atomic mass is 16.5. The van der Waals surface area contributed by atoms with Crippen molar-refractivity contribution < 1.29 is 9.84 Å². The quantitative estimate of drug-likeness (QED) is 0.879. The van der Waals surface area contributed by atoms with Gasteiger partial charge in [-0.1, -0.05) is 13.0 Å². The van der Waals surface area contributed by atoms with E-state index < -0.39 is 6.10 Å². The van der Waals surface area contributed by atoms with Crippen LogP contribution in [-0.4, -0.2) is 14.9 Å². The van der Waals surface area contributed by atoms with Crippen molar-refractivity contribution in [1.82, 2.24) is 9.78 Å². The molecule has 0 radical (unpaired) electrons. The van der Waals surface area contributed by atoms with Gasteiger partial charge in [-0.25, -0.2) is 0 Å². The fraction of sp³-hybridized carbons (Fsp3) is 0.471. The summed E-state index contributed by atoms with van der Waals surface area (Å²) in [4.78, 5) is 0. The van der Waals surface area contributed by atoms with Crippen molar-refractivity contribution >= 4 is 0 Å². The van der Waals surface area contributed by atoms with Gasteiger partial charge in [-0.15, -0.1) is 0 Å². The van der Waals surface area contributed by atoms with Crippen LogP contribution in [0.15, 0.2) is 30.5 Å². The molecule has 2 rings (SSSR count). The van der Waals surface area contributed by atoms with Gasteiger partial charge in [0.1, 0.15) is 12.4 Å². The lowest BCUT2D eigenvalue weighted by molar-refractivity contribution is 0.199. The first-order valence-corrected chi connectivity index (χ1v) is 7.46. The molecule has 4 heteroatoms. The summed E-state index contributed by atoms with van der Waals surface area (Å²) in [6.45, 7) is 8.50. The number of nitrogens with zero attached hydrogens (tertiary/aromatic N) is 2. The van der Waals surface area contributed by atoms with Gasteiger partial charge in [-0.05, 0) is 56.5 Å². The molecule has 0 saturated heterocycles. The van der Waals surface area contributed by atoms with E-state index >= 15 is 0 Å². The molecule has 1 unspecified atom stereocenters. The highest BCUT2D eigenvalue weighted by molar-refractivity contribution is 5.37. The maximum absolute atomic E-state index is 9.57. The summed E-state index contributed by atoms with van der Waals surface area (Å²) < 4.78 is 7.80. The Balaban J connectivity index is 2.01. The van der Waals surface area contributed by atoms with E-state index in [2.05, 4.69) is 18.9 Å². The van der Waals surface area contributed by atoms with Crippen LogP contribution in [0.5, 0.6) is 5.75 Å². The molecule has 114 valence electrons. The van der Waals surface area contributed by atoms with Crippen LogP contribution in [0.1, 0.15) is 56.2 Å². The molecular weight excluding hydrogens is 264 g/mol. The van der Waals surface area contributed by atoms with Crippen LogP contribution < -0.4 is 4.74 Å². The third kappa shape index (κ3) is 3.85. The second-order valence-corrected chi connectivity index (χ2v) is 5.53. The van der Waals surface area contributed by atoms with E-state index in [-0.39, 0.29) is 0 Å². The standard InChI is InChI=1S/C17H24N2O2/c1-5-13(3)19-9-8-16(18-19)11-21-17-7-6-15(14(4)20)10-12(17)2/h6-10,13-14,20H,5,11H2,1-4H3/t13?,14-/m0/s1. The van der Waals surface area contributed by atoms with E-state index in [0.29, 0.717) is 12.6 Å². The predicted molar refractivity (Wildman–Crippen MR) is 83.4 cm³/mol. The largest absolute Gasteiger partial charge is 0.487 e. The van der Waals surface area contributed by atoms with E-state index in [9.17, 15) is 5.11 Å². The smallest absolute Gasteiger partial charge is 0.132 e. The lowest BCUT2D eigenvalue weighted by Gasteiger charge is -2.11. The van der Waals surface area contributed by atoms with Crippen molar-refractivity contribution in [2.75, 3.05) is 0 Å². The van der Waals surface area contributed by atoms with Crippen LogP contribution in [0.3, 0.4) is 0 Å². The van der Waals surface area contributed by atoms with Gasteiger partial charge in [0.25, 0.3) is 0 Å². The minimum absolute atomic E-state index is 0.408. The summed E-state index contributed by atoms with van der Waals surface area (Å²) in [5.41, 5.74) is 2.85. The summed E-state index contributed by atoms with van der Waals surface area (Å²) in [6.07, 6.45) is 2.60. The molecule has 2 atom stereocenters. The summed E-state index contributed by atoms with van der Waals surface area (Å²) >= 11 is 0. The Labute approximate surface area is 126 Å². The van der Waals surface area contributed by atoms with Gasteiger partial charge in [0, 0.05) is 12.2 Å². The number of aliphatic hydroxyl groups excluding tert-OH is 1. The molecular formula is C17H24N2O2. The molecule has 1 aromatic heterocycles. The Morgan fingerprint density at radius 1 is 1.29 bits per heavy atom. The van der Waals surface area contributed by atoms with Crippen molar-refractivity contribution in [1.29, 1.82) is 0 Å². The summed E-state index contributed by atoms with van der Waals surface area (Å²) in [5.74, 6) is 0.831. The van der Waals surface area contributed by atoms with Gasteiger partial charge >= 0.3 is 0 Å². The maximum Gasteiger partial charge on any atom is 0.132 e. The zero-order valence-corrected chi connectivity index (χ0v) is 13.2. The zero-order valence-electron chi connectivity index (χ0n) is 13.2. The molecule has 1 heterocycles. The lowest BCUT2D eigenvalue weighted by Crippen LogP contribution is -2.06. The Hall–Kier alpha value is -1.81. The number of hydrogen-bond donors (Lipinski definition) is 1.